The van der Waals surface area contributed by atoms with Crippen molar-refractivity contribution in [2.75, 3.05) is 44.2 Å². The number of anilines is 1. The van der Waals surface area contributed by atoms with Crippen molar-refractivity contribution in [1.82, 2.24) is 19.5 Å². The molecule has 0 bridgehead atoms. The van der Waals surface area contributed by atoms with Crippen molar-refractivity contribution in [3.05, 3.63) is 66.4 Å². The quantitative estimate of drug-likeness (QED) is 0.596. The van der Waals surface area contributed by atoms with Crippen molar-refractivity contribution < 1.29 is 18.0 Å². The van der Waals surface area contributed by atoms with Crippen LogP contribution in [0.2, 0.25) is 0 Å². The van der Waals surface area contributed by atoms with Gasteiger partial charge in [-0.3, -0.25) is 9.59 Å². The van der Waals surface area contributed by atoms with Crippen LogP contribution in [0.4, 0.5) is 5.82 Å². The van der Waals surface area contributed by atoms with Crippen molar-refractivity contribution in [1.29, 1.82) is 0 Å². The minimum Gasteiger partial charge on any atom is -0.353 e. The third-order valence-corrected chi connectivity index (χ3v) is 8.76. The summed E-state index contributed by atoms with van der Waals surface area (Å²) in [6.45, 7) is 10.5. The Hall–Kier alpha value is -3.24. The molecule has 9 nitrogen and oxygen atoms in total. The van der Waals surface area contributed by atoms with Crippen LogP contribution in [0.5, 0.6) is 0 Å². The normalized spacial score (nSPS) is 21.2. The molecule has 36 heavy (non-hydrogen) atoms. The Kier molecular flexibility index (Phi) is 7.75. The third-order valence-electron chi connectivity index (χ3n) is 6.88. The van der Waals surface area contributed by atoms with Crippen LogP contribution in [0.25, 0.3) is 0 Å². The van der Waals surface area contributed by atoms with Crippen LogP contribution in [0.15, 0.2) is 60.0 Å². The van der Waals surface area contributed by atoms with Gasteiger partial charge in [-0.2, -0.15) is 4.31 Å². The van der Waals surface area contributed by atoms with Crippen molar-refractivity contribution in [2.24, 2.45) is 5.92 Å². The minimum absolute atomic E-state index is 0.0352. The molecule has 0 saturated carbocycles. The van der Waals surface area contributed by atoms with Crippen LogP contribution in [0, 0.1) is 12.8 Å². The lowest BCUT2D eigenvalue weighted by atomic mass is 9.95. The molecule has 0 spiro atoms. The number of carbonyl (C=O) groups excluding carboxylic acids is 2. The molecular weight excluding hydrogens is 478 g/mol. The molecule has 2 atom stereocenters. The van der Waals surface area contributed by atoms with E-state index in [1.807, 2.05) is 32.0 Å². The van der Waals surface area contributed by atoms with Crippen molar-refractivity contribution in [3.8, 4) is 0 Å². The molecule has 2 amide bonds. The largest absolute Gasteiger partial charge is 0.353 e. The Morgan fingerprint density at radius 2 is 1.75 bits per heavy atom. The molecule has 0 aliphatic carbocycles. The second kappa shape index (κ2) is 10.8. The molecule has 10 heteroatoms. The summed E-state index contributed by atoms with van der Waals surface area (Å²) in [5.41, 5.74) is 1.43. The lowest BCUT2D eigenvalue weighted by Crippen LogP contribution is -2.51. The molecule has 2 fully saturated rings. The smallest absolute Gasteiger partial charge is 0.253 e. The highest BCUT2D eigenvalue weighted by Gasteiger charge is 2.34. The first-order valence-electron chi connectivity index (χ1n) is 12.2. The van der Waals surface area contributed by atoms with Crippen LogP contribution < -0.4 is 10.2 Å². The molecule has 2 saturated heterocycles. The summed E-state index contributed by atoms with van der Waals surface area (Å²) in [5.74, 6) is 0.518. The number of sulfonamides is 1. The van der Waals surface area contributed by atoms with Gasteiger partial charge in [0.25, 0.3) is 5.91 Å². The van der Waals surface area contributed by atoms with E-state index in [-0.39, 0.29) is 28.7 Å². The number of piperidine rings is 1. The van der Waals surface area contributed by atoms with Crippen molar-refractivity contribution in [3.63, 3.8) is 0 Å². The van der Waals surface area contributed by atoms with Gasteiger partial charge in [0.2, 0.25) is 15.9 Å². The zero-order valence-corrected chi connectivity index (χ0v) is 21.6. The van der Waals surface area contributed by atoms with Gasteiger partial charge in [0.1, 0.15) is 5.82 Å². The number of hydrogen-bond acceptors (Lipinski definition) is 6. The number of nitrogens with zero attached hydrogens (tertiary/aromatic N) is 4. The summed E-state index contributed by atoms with van der Waals surface area (Å²) in [5, 5.41) is 2.87. The molecule has 0 radical (unpaired) electrons. The van der Waals surface area contributed by atoms with Crippen LogP contribution >= 0.6 is 0 Å². The van der Waals surface area contributed by atoms with Gasteiger partial charge in [-0.1, -0.05) is 19.6 Å². The fourth-order valence-electron chi connectivity index (χ4n) is 4.73. The third kappa shape index (κ3) is 5.60. The lowest BCUT2D eigenvalue weighted by molar-refractivity contribution is -0.117. The van der Waals surface area contributed by atoms with Crippen LogP contribution in [0.1, 0.15) is 29.4 Å². The molecule has 3 heterocycles. The van der Waals surface area contributed by atoms with Gasteiger partial charge in [-0.25, -0.2) is 13.4 Å². The molecule has 2 unspecified atom stereocenters. The summed E-state index contributed by atoms with van der Waals surface area (Å²) in [4.78, 5) is 33.3. The summed E-state index contributed by atoms with van der Waals surface area (Å²) in [6.07, 6.45) is 1.75. The Morgan fingerprint density at radius 1 is 1.06 bits per heavy atom. The molecule has 1 N–H and O–H groups in total. The van der Waals surface area contributed by atoms with Gasteiger partial charge in [0.15, 0.2) is 0 Å². The Bertz CT molecular complexity index is 1220. The van der Waals surface area contributed by atoms with E-state index in [0.717, 1.165) is 11.5 Å². The number of aromatic nitrogens is 1. The first-order valence-corrected chi connectivity index (χ1v) is 13.6. The first kappa shape index (κ1) is 25.8. The molecule has 2 aromatic rings. The van der Waals surface area contributed by atoms with Crippen LogP contribution in [0.3, 0.4) is 0 Å². The minimum atomic E-state index is -3.70. The highest BCUT2D eigenvalue weighted by Crippen LogP contribution is 2.25. The molecule has 2 aliphatic rings. The van der Waals surface area contributed by atoms with Gasteiger partial charge in [-0.15, -0.1) is 0 Å². The van der Waals surface area contributed by atoms with Gasteiger partial charge in [0.05, 0.1) is 4.90 Å². The second-order valence-corrected chi connectivity index (χ2v) is 11.3. The Labute approximate surface area is 212 Å². The summed E-state index contributed by atoms with van der Waals surface area (Å²) in [7, 11) is -3.70. The van der Waals surface area contributed by atoms with Gasteiger partial charge in [-0.05, 0) is 61.7 Å². The number of carbonyl (C=O) groups is 2. The lowest BCUT2D eigenvalue weighted by Gasteiger charge is -2.36. The highest BCUT2D eigenvalue weighted by atomic mass is 32.2. The topological polar surface area (TPSA) is 103 Å². The summed E-state index contributed by atoms with van der Waals surface area (Å²) >= 11 is 0. The van der Waals surface area contributed by atoms with E-state index < -0.39 is 10.0 Å². The average molecular weight is 512 g/mol. The predicted octanol–water partition coefficient (Wildman–Crippen LogP) is 2.05. The number of amides is 2. The number of aryl methyl sites for hydroxylation is 1. The molecule has 4 rings (SSSR count). The number of pyridine rings is 1. The van der Waals surface area contributed by atoms with Crippen molar-refractivity contribution in [2.45, 2.75) is 31.2 Å². The van der Waals surface area contributed by atoms with Crippen molar-refractivity contribution >= 4 is 27.7 Å². The maximum absolute atomic E-state index is 13.2. The maximum Gasteiger partial charge on any atom is 0.253 e. The van der Waals surface area contributed by atoms with Gasteiger partial charge >= 0.3 is 0 Å². The Morgan fingerprint density at radius 3 is 2.36 bits per heavy atom. The van der Waals surface area contributed by atoms with Crippen LogP contribution in [-0.2, 0) is 14.8 Å². The Balaban J connectivity index is 1.36. The maximum atomic E-state index is 13.2. The van der Waals surface area contributed by atoms with E-state index in [9.17, 15) is 18.0 Å². The number of rotatable bonds is 6. The van der Waals surface area contributed by atoms with E-state index in [0.29, 0.717) is 51.3 Å². The van der Waals surface area contributed by atoms with E-state index in [4.69, 9.17) is 0 Å². The molecule has 2 aliphatic heterocycles. The van der Waals surface area contributed by atoms with E-state index in [1.165, 1.54) is 22.5 Å². The number of piperazine rings is 1. The standard InChI is InChI=1S/C26H33N5O4S/c1-4-25(32)28-23-12-13-31(18-19(23)2)36(34,35)22-10-8-21(9-11-22)26(33)30-16-14-29(15-17-30)24-7-5-6-20(3)27-24/h4-11,19,23H,1,12-18H2,2-3H3,(H,28,32). The SMILES string of the molecule is C=CC(=O)NC1CCN(S(=O)(=O)c2ccc(C(=O)N3CCN(c4cccc(C)n4)CC3)cc2)CC1C. The van der Waals surface area contributed by atoms with E-state index in [1.54, 1.807) is 17.0 Å². The zero-order chi connectivity index (χ0) is 25.9. The molecular formula is C26H33N5O4S. The number of hydrogen-bond donors (Lipinski definition) is 1. The number of benzene rings is 1. The summed E-state index contributed by atoms with van der Waals surface area (Å²) < 4.78 is 27.9. The van der Waals surface area contributed by atoms with E-state index in [2.05, 4.69) is 21.8 Å². The number of nitrogens with one attached hydrogen (secondary N) is 1. The van der Waals surface area contributed by atoms with Gasteiger partial charge < -0.3 is 15.1 Å². The van der Waals surface area contributed by atoms with E-state index >= 15 is 0 Å². The first-order chi connectivity index (χ1) is 17.2. The highest BCUT2D eigenvalue weighted by molar-refractivity contribution is 7.89. The van der Waals surface area contributed by atoms with Gasteiger partial charge in [0, 0.05) is 56.6 Å². The summed E-state index contributed by atoms with van der Waals surface area (Å²) in [6, 6.07) is 12.0. The van der Waals surface area contributed by atoms with Crippen LogP contribution in [-0.4, -0.2) is 79.7 Å². The predicted molar refractivity (Wildman–Crippen MR) is 138 cm³/mol. The monoisotopic (exact) mass is 511 g/mol. The fourth-order valence-corrected chi connectivity index (χ4v) is 6.28. The second-order valence-electron chi connectivity index (χ2n) is 9.39. The average Bonchev–Trinajstić information content (AvgIpc) is 2.89. The fraction of sp³-hybridized carbons (Fsp3) is 0.423. The molecule has 192 valence electrons. The molecule has 1 aromatic carbocycles. The molecule has 1 aromatic heterocycles. The zero-order valence-electron chi connectivity index (χ0n) is 20.8.